The molecule has 0 unspecified atom stereocenters. The fourth-order valence-corrected chi connectivity index (χ4v) is 2.36. The maximum atomic E-state index is 12.3. The van der Waals surface area contributed by atoms with Crippen LogP contribution >= 0.6 is 0 Å². The second-order valence-corrected chi connectivity index (χ2v) is 6.88. The quantitative estimate of drug-likeness (QED) is 0.919. The Hall–Kier alpha value is -1.36. The Morgan fingerprint density at radius 2 is 1.95 bits per heavy atom. The van der Waals surface area contributed by atoms with E-state index >= 15 is 0 Å². The van der Waals surface area contributed by atoms with E-state index in [1.54, 1.807) is 0 Å². The smallest absolute Gasteiger partial charge is 0.274 e. The lowest BCUT2D eigenvalue weighted by molar-refractivity contribution is 0.0617. The molecule has 1 fully saturated rings. The summed E-state index contributed by atoms with van der Waals surface area (Å²) < 4.78 is 0. The van der Waals surface area contributed by atoms with Crippen LogP contribution in [0.3, 0.4) is 0 Å². The highest BCUT2D eigenvalue weighted by molar-refractivity contribution is 5.92. The average molecular weight is 278 g/mol. The molecule has 1 aliphatic heterocycles. The Labute approximate surface area is 121 Å². The zero-order valence-electron chi connectivity index (χ0n) is 13.1. The van der Waals surface area contributed by atoms with Gasteiger partial charge in [0.05, 0.1) is 0 Å². The summed E-state index contributed by atoms with van der Waals surface area (Å²) >= 11 is 0. The highest BCUT2D eigenvalue weighted by atomic mass is 16.2. The van der Waals surface area contributed by atoms with Gasteiger partial charge in [-0.3, -0.25) is 14.8 Å². The predicted octanol–water partition coefficient (Wildman–Crippen LogP) is 1.91. The number of H-pyrrole nitrogens is 1. The van der Waals surface area contributed by atoms with E-state index in [9.17, 15) is 4.79 Å². The number of carbonyl (C=O) groups excluding carboxylic acids is 1. The van der Waals surface area contributed by atoms with Crippen molar-refractivity contribution in [3.8, 4) is 0 Å². The van der Waals surface area contributed by atoms with Crippen LogP contribution in [0.4, 0.5) is 0 Å². The van der Waals surface area contributed by atoms with Gasteiger partial charge in [0, 0.05) is 31.9 Å². The van der Waals surface area contributed by atoms with E-state index in [0.717, 1.165) is 38.4 Å². The number of aromatic amines is 1. The van der Waals surface area contributed by atoms with Gasteiger partial charge in [0.1, 0.15) is 5.69 Å². The first-order chi connectivity index (χ1) is 9.35. The number of hydrogen-bond donors (Lipinski definition) is 1. The van der Waals surface area contributed by atoms with Crippen LogP contribution < -0.4 is 0 Å². The lowest BCUT2D eigenvalue weighted by atomic mass is 9.92. The van der Waals surface area contributed by atoms with Gasteiger partial charge in [0.25, 0.3) is 5.91 Å². The molecule has 2 heterocycles. The molecule has 1 saturated heterocycles. The third-order valence-corrected chi connectivity index (χ3v) is 3.76. The Morgan fingerprint density at radius 3 is 2.45 bits per heavy atom. The molecule has 0 bridgehead atoms. The molecule has 20 heavy (non-hydrogen) atoms. The largest absolute Gasteiger partial charge is 0.335 e. The normalized spacial score (nSPS) is 17.5. The Kier molecular flexibility index (Phi) is 4.48. The predicted molar refractivity (Wildman–Crippen MR) is 79.7 cm³/mol. The summed E-state index contributed by atoms with van der Waals surface area (Å²) in [5.41, 5.74) is 1.84. The summed E-state index contributed by atoms with van der Waals surface area (Å²) in [5, 5.41) is 6.88. The Balaban J connectivity index is 1.81. The topological polar surface area (TPSA) is 52.2 Å². The van der Waals surface area contributed by atoms with E-state index in [0.29, 0.717) is 11.1 Å². The molecular formula is C15H26N4O. The number of amides is 1. The van der Waals surface area contributed by atoms with Gasteiger partial charge in [-0.2, -0.15) is 5.10 Å². The SMILES string of the molecule is Cc1cc(C(=O)N2CCN(CCC(C)(C)C)CC2)n[nH]1. The summed E-state index contributed by atoms with van der Waals surface area (Å²) in [7, 11) is 0. The molecule has 0 aliphatic carbocycles. The molecule has 2 rings (SSSR count). The molecule has 0 spiro atoms. The zero-order chi connectivity index (χ0) is 14.8. The highest BCUT2D eigenvalue weighted by Gasteiger charge is 2.24. The fraction of sp³-hybridized carbons (Fsp3) is 0.733. The lowest BCUT2D eigenvalue weighted by Gasteiger charge is -2.35. The van der Waals surface area contributed by atoms with Gasteiger partial charge < -0.3 is 4.90 Å². The van der Waals surface area contributed by atoms with Crippen molar-refractivity contribution in [3.63, 3.8) is 0 Å². The van der Waals surface area contributed by atoms with Crippen LogP contribution in [0.25, 0.3) is 0 Å². The number of aryl methyl sites for hydroxylation is 1. The highest BCUT2D eigenvalue weighted by Crippen LogP contribution is 2.19. The second kappa shape index (κ2) is 5.95. The van der Waals surface area contributed by atoms with E-state index in [1.807, 2.05) is 17.9 Å². The third kappa shape index (κ3) is 4.07. The van der Waals surface area contributed by atoms with Gasteiger partial charge in [-0.05, 0) is 31.4 Å². The lowest BCUT2D eigenvalue weighted by Crippen LogP contribution is -2.49. The number of nitrogens with one attached hydrogen (secondary N) is 1. The van der Waals surface area contributed by atoms with E-state index < -0.39 is 0 Å². The summed E-state index contributed by atoms with van der Waals surface area (Å²) in [6.45, 7) is 13.4. The van der Waals surface area contributed by atoms with Crippen LogP contribution in [-0.4, -0.2) is 58.6 Å². The van der Waals surface area contributed by atoms with Crippen LogP contribution in [-0.2, 0) is 0 Å². The molecule has 0 aromatic carbocycles. The van der Waals surface area contributed by atoms with Gasteiger partial charge in [-0.1, -0.05) is 20.8 Å². The van der Waals surface area contributed by atoms with E-state index in [2.05, 4.69) is 35.9 Å². The number of rotatable bonds is 3. The minimum atomic E-state index is 0.0461. The Morgan fingerprint density at radius 1 is 1.30 bits per heavy atom. The number of hydrogen-bond acceptors (Lipinski definition) is 3. The van der Waals surface area contributed by atoms with Crippen LogP contribution in [0.1, 0.15) is 43.4 Å². The summed E-state index contributed by atoms with van der Waals surface area (Å²) in [6, 6.07) is 1.81. The van der Waals surface area contributed by atoms with Crippen molar-refractivity contribution in [1.29, 1.82) is 0 Å². The molecule has 112 valence electrons. The summed E-state index contributed by atoms with van der Waals surface area (Å²) in [6.07, 6.45) is 1.19. The second-order valence-electron chi connectivity index (χ2n) is 6.88. The zero-order valence-corrected chi connectivity index (χ0v) is 13.1. The minimum Gasteiger partial charge on any atom is -0.335 e. The molecule has 1 aromatic rings. The fourth-order valence-electron chi connectivity index (χ4n) is 2.36. The summed E-state index contributed by atoms with van der Waals surface area (Å²) in [4.78, 5) is 16.6. The van der Waals surface area contributed by atoms with Gasteiger partial charge in [-0.15, -0.1) is 0 Å². The van der Waals surface area contributed by atoms with E-state index in [4.69, 9.17) is 0 Å². The van der Waals surface area contributed by atoms with Crippen molar-refractivity contribution < 1.29 is 4.79 Å². The number of carbonyl (C=O) groups is 1. The molecule has 0 atom stereocenters. The molecule has 5 heteroatoms. The molecule has 1 N–H and O–H groups in total. The van der Waals surface area contributed by atoms with Crippen molar-refractivity contribution in [2.45, 2.75) is 34.1 Å². The van der Waals surface area contributed by atoms with Crippen molar-refractivity contribution in [1.82, 2.24) is 20.0 Å². The van der Waals surface area contributed by atoms with Crippen molar-refractivity contribution >= 4 is 5.91 Å². The molecule has 5 nitrogen and oxygen atoms in total. The van der Waals surface area contributed by atoms with Crippen LogP contribution in [0, 0.1) is 12.3 Å². The first kappa shape index (κ1) is 15.0. The first-order valence-electron chi connectivity index (χ1n) is 7.39. The third-order valence-electron chi connectivity index (χ3n) is 3.76. The average Bonchev–Trinajstić information content (AvgIpc) is 2.82. The van der Waals surface area contributed by atoms with Gasteiger partial charge >= 0.3 is 0 Å². The molecule has 0 radical (unpaired) electrons. The molecule has 0 saturated carbocycles. The van der Waals surface area contributed by atoms with Crippen LogP contribution in [0.15, 0.2) is 6.07 Å². The van der Waals surface area contributed by atoms with Crippen molar-refractivity contribution in [2.75, 3.05) is 32.7 Å². The maximum Gasteiger partial charge on any atom is 0.274 e. The molecule has 1 aliphatic rings. The van der Waals surface area contributed by atoms with Gasteiger partial charge in [0.15, 0.2) is 0 Å². The molecule has 1 aromatic heterocycles. The van der Waals surface area contributed by atoms with Gasteiger partial charge in [-0.25, -0.2) is 0 Å². The summed E-state index contributed by atoms with van der Waals surface area (Å²) in [5.74, 6) is 0.0461. The standard InChI is InChI=1S/C15H26N4O/c1-12-11-13(17-16-12)14(20)19-9-7-18(8-10-19)6-5-15(2,3)4/h11H,5-10H2,1-4H3,(H,16,17). The Bertz CT molecular complexity index is 453. The van der Waals surface area contributed by atoms with Gasteiger partial charge in [0.2, 0.25) is 0 Å². The minimum absolute atomic E-state index is 0.0461. The maximum absolute atomic E-state index is 12.3. The number of nitrogens with zero attached hydrogens (tertiary/aromatic N) is 3. The van der Waals surface area contributed by atoms with E-state index in [-0.39, 0.29) is 5.91 Å². The van der Waals surface area contributed by atoms with Crippen LogP contribution in [0.2, 0.25) is 0 Å². The first-order valence-corrected chi connectivity index (χ1v) is 7.39. The molecular weight excluding hydrogens is 252 g/mol. The monoisotopic (exact) mass is 278 g/mol. The van der Waals surface area contributed by atoms with Crippen LogP contribution in [0.5, 0.6) is 0 Å². The van der Waals surface area contributed by atoms with E-state index in [1.165, 1.54) is 6.42 Å². The number of aromatic nitrogens is 2. The molecule has 1 amide bonds. The number of piperazine rings is 1. The van der Waals surface area contributed by atoms with Crippen molar-refractivity contribution in [2.24, 2.45) is 5.41 Å². The van der Waals surface area contributed by atoms with Crippen molar-refractivity contribution in [3.05, 3.63) is 17.5 Å².